The molecule has 1 aromatic heterocycles. The molecule has 2 heterocycles. The maximum Gasteiger partial charge on any atom is 0.244 e. The van der Waals surface area contributed by atoms with Crippen molar-refractivity contribution in [3.8, 4) is 11.4 Å². The summed E-state index contributed by atoms with van der Waals surface area (Å²) >= 11 is 0. The van der Waals surface area contributed by atoms with Gasteiger partial charge >= 0.3 is 0 Å². The molecule has 4 rings (SSSR count). The van der Waals surface area contributed by atoms with Crippen LogP contribution >= 0.6 is 0 Å². The zero-order valence-corrected chi connectivity index (χ0v) is 13.1. The van der Waals surface area contributed by atoms with Gasteiger partial charge < -0.3 is 4.52 Å². The SMILES string of the molecule is CC(c1nc(-c2ccccc2)no1)N1CCc2ccccc2C1. The first kappa shape index (κ1) is 14.2. The van der Waals surface area contributed by atoms with E-state index in [1.165, 1.54) is 11.1 Å². The predicted octanol–water partition coefficient (Wildman–Crippen LogP) is 3.86. The highest BCUT2D eigenvalue weighted by Gasteiger charge is 2.25. The molecule has 0 amide bonds. The molecule has 0 radical (unpaired) electrons. The van der Waals surface area contributed by atoms with Crippen molar-refractivity contribution in [2.75, 3.05) is 6.54 Å². The van der Waals surface area contributed by atoms with Crippen molar-refractivity contribution in [2.45, 2.75) is 25.9 Å². The summed E-state index contributed by atoms with van der Waals surface area (Å²) in [5, 5.41) is 4.13. The molecule has 0 fully saturated rings. The zero-order valence-electron chi connectivity index (χ0n) is 13.1. The van der Waals surface area contributed by atoms with Crippen LogP contribution in [0.4, 0.5) is 0 Å². The molecule has 1 unspecified atom stereocenters. The van der Waals surface area contributed by atoms with E-state index >= 15 is 0 Å². The number of hydrogen-bond donors (Lipinski definition) is 0. The van der Waals surface area contributed by atoms with Crippen molar-refractivity contribution in [2.24, 2.45) is 0 Å². The molecule has 0 spiro atoms. The van der Waals surface area contributed by atoms with Crippen molar-refractivity contribution >= 4 is 0 Å². The fourth-order valence-electron chi connectivity index (χ4n) is 3.11. The second-order valence-corrected chi connectivity index (χ2v) is 5.99. The van der Waals surface area contributed by atoms with Crippen LogP contribution in [0.1, 0.15) is 30.0 Å². The van der Waals surface area contributed by atoms with Crippen molar-refractivity contribution in [1.29, 1.82) is 0 Å². The highest BCUT2D eigenvalue weighted by molar-refractivity contribution is 5.53. The van der Waals surface area contributed by atoms with Gasteiger partial charge in [0.05, 0.1) is 6.04 Å². The average Bonchev–Trinajstić information content (AvgIpc) is 3.11. The van der Waals surface area contributed by atoms with Gasteiger partial charge in [0.15, 0.2) is 0 Å². The highest BCUT2D eigenvalue weighted by Crippen LogP contribution is 2.27. The first-order chi connectivity index (χ1) is 11.3. The Balaban J connectivity index is 1.54. The van der Waals surface area contributed by atoms with E-state index in [0.717, 1.165) is 25.1 Å². The van der Waals surface area contributed by atoms with E-state index in [2.05, 4.69) is 46.2 Å². The molecule has 23 heavy (non-hydrogen) atoms. The van der Waals surface area contributed by atoms with E-state index in [4.69, 9.17) is 4.52 Å². The van der Waals surface area contributed by atoms with Gasteiger partial charge in [0.1, 0.15) is 0 Å². The fraction of sp³-hybridized carbons (Fsp3) is 0.263. The first-order valence-electron chi connectivity index (χ1n) is 8.01. The summed E-state index contributed by atoms with van der Waals surface area (Å²) in [5.74, 6) is 1.34. The van der Waals surface area contributed by atoms with Gasteiger partial charge in [-0.05, 0) is 24.5 Å². The molecule has 116 valence electrons. The quantitative estimate of drug-likeness (QED) is 0.737. The smallest absolute Gasteiger partial charge is 0.244 e. The summed E-state index contributed by atoms with van der Waals surface area (Å²) in [6.45, 7) is 4.08. The summed E-state index contributed by atoms with van der Waals surface area (Å²) in [6, 6.07) is 18.7. The van der Waals surface area contributed by atoms with Crippen LogP contribution in [0.25, 0.3) is 11.4 Å². The molecule has 1 aliphatic rings. The van der Waals surface area contributed by atoms with E-state index < -0.39 is 0 Å². The minimum Gasteiger partial charge on any atom is -0.337 e. The van der Waals surface area contributed by atoms with Crippen LogP contribution in [-0.2, 0) is 13.0 Å². The molecule has 1 aliphatic heterocycles. The Kier molecular flexibility index (Phi) is 3.67. The van der Waals surface area contributed by atoms with Crippen molar-refractivity contribution < 1.29 is 4.52 Å². The second-order valence-electron chi connectivity index (χ2n) is 5.99. The maximum absolute atomic E-state index is 5.52. The van der Waals surface area contributed by atoms with Crippen LogP contribution in [-0.4, -0.2) is 21.6 Å². The minimum absolute atomic E-state index is 0.119. The molecule has 4 nitrogen and oxygen atoms in total. The van der Waals surface area contributed by atoms with Crippen LogP contribution in [0.3, 0.4) is 0 Å². The van der Waals surface area contributed by atoms with E-state index in [1.807, 2.05) is 30.3 Å². The zero-order chi connectivity index (χ0) is 15.6. The summed E-state index contributed by atoms with van der Waals surface area (Å²) in [5.41, 5.74) is 3.83. The van der Waals surface area contributed by atoms with Gasteiger partial charge in [-0.25, -0.2) is 0 Å². The van der Waals surface area contributed by atoms with Gasteiger partial charge in [0, 0.05) is 18.7 Å². The summed E-state index contributed by atoms with van der Waals surface area (Å²) in [4.78, 5) is 6.99. The third-order valence-electron chi connectivity index (χ3n) is 4.54. The van der Waals surface area contributed by atoms with Crippen LogP contribution in [0, 0.1) is 0 Å². The Morgan fingerprint density at radius 1 is 1.00 bits per heavy atom. The van der Waals surface area contributed by atoms with Gasteiger partial charge in [-0.2, -0.15) is 4.98 Å². The van der Waals surface area contributed by atoms with Crippen molar-refractivity contribution in [1.82, 2.24) is 15.0 Å². The van der Waals surface area contributed by atoms with Crippen LogP contribution in [0.2, 0.25) is 0 Å². The van der Waals surface area contributed by atoms with Gasteiger partial charge in [-0.3, -0.25) is 4.90 Å². The molecule has 4 heteroatoms. The maximum atomic E-state index is 5.52. The Morgan fingerprint density at radius 3 is 2.57 bits per heavy atom. The van der Waals surface area contributed by atoms with Crippen LogP contribution in [0.15, 0.2) is 59.1 Å². The number of rotatable bonds is 3. The standard InChI is InChI=1S/C19H19N3O/c1-14(22-12-11-15-7-5-6-10-17(15)13-22)19-20-18(21-23-19)16-8-3-2-4-9-16/h2-10,14H,11-13H2,1H3. The molecule has 0 bridgehead atoms. The lowest BCUT2D eigenvalue weighted by Gasteiger charge is -2.31. The van der Waals surface area contributed by atoms with Crippen molar-refractivity contribution in [3.05, 3.63) is 71.6 Å². The summed E-state index contributed by atoms with van der Waals surface area (Å²) in [6.07, 6.45) is 1.07. The van der Waals surface area contributed by atoms with Gasteiger partial charge in [0.25, 0.3) is 0 Å². The van der Waals surface area contributed by atoms with Gasteiger partial charge in [-0.1, -0.05) is 59.8 Å². The van der Waals surface area contributed by atoms with Crippen LogP contribution in [0.5, 0.6) is 0 Å². The molecule has 0 N–H and O–H groups in total. The normalized spacial score (nSPS) is 16.0. The van der Waals surface area contributed by atoms with E-state index in [9.17, 15) is 0 Å². The number of benzene rings is 2. The monoisotopic (exact) mass is 305 g/mol. The van der Waals surface area contributed by atoms with Gasteiger partial charge in [-0.15, -0.1) is 0 Å². The molecular weight excluding hydrogens is 286 g/mol. The molecule has 1 atom stereocenters. The van der Waals surface area contributed by atoms with Crippen LogP contribution < -0.4 is 0 Å². The summed E-state index contributed by atoms with van der Waals surface area (Å²) in [7, 11) is 0. The molecule has 3 aromatic rings. The third-order valence-corrected chi connectivity index (χ3v) is 4.54. The Labute approximate surface area is 135 Å². The van der Waals surface area contributed by atoms with E-state index in [1.54, 1.807) is 0 Å². The lowest BCUT2D eigenvalue weighted by atomic mass is 9.99. The molecule has 2 aromatic carbocycles. The topological polar surface area (TPSA) is 42.2 Å². The number of fused-ring (bicyclic) bond motifs is 1. The Bertz CT molecular complexity index is 797. The molecule has 0 aliphatic carbocycles. The third kappa shape index (κ3) is 2.78. The van der Waals surface area contributed by atoms with Crippen molar-refractivity contribution in [3.63, 3.8) is 0 Å². The van der Waals surface area contributed by atoms with E-state index in [0.29, 0.717) is 11.7 Å². The lowest BCUT2D eigenvalue weighted by Crippen LogP contribution is -2.33. The molecule has 0 saturated heterocycles. The number of nitrogens with zero attached hydrogens (tertiary/aromatic N) is 3. The number of hydrogen-bond acceptors (Lipinski definition) is 4. The fourth-order valence-corrected chi connectivity index (χ4v) is 3.11. The summed E-state index contributed by atoms with van der Waals surface area (Å²) < 4.78 is 5.52. The van der Waals surface area contributed by atoms with Gasteiger partial charge in [0.2, 0.25) is 11.7 Å². The largest absolute Gasteiger partial charge is 0.337 e. The Morgan fingerprint density at radius 2 is 1.74 bits per heavy atom. The first-order valence-corrected chi connectivity index (χ1v) is 8.01. The lowest BCUT2D eigenvalue weighted by molar-refractivity contribution is 0.158. The molecule has 0 saturated carbocycles. The number of aromatic nitrogens is 2. The predicted molar refractivity (Wildman–Crippen MR) is 88.7 cm³/mol. The highest BCUT2D eigenvalue weighted by atomic mass is 16.5. The van der Waals surface area contributed by atoms with E-state index in [-0.39, 0.29) is 6.04 Å². The second kappa shape index (κ2) is 5.97. The Hall–Kier alpha value is -2.46. The molecular formula is C19H19N3O. The average molecular weight is 305 g/mol. The minimum atomic E-state index is 0.119.